The maximum Gasteiger partial charge on any atom is 0.119 e. The van der Waals surface area contributed by atoms with Crippen LogP contribution in [0.2, 0.25) is 0 Å². The third kappa shape index (κ3) is 5.44. The van der Waals surface area contributed by atoms with E-state index in [1.807, 2.05) is 0 Å². The molecule has 5 aliphatic rings. The van der Waals surface area contributed by atoms with Crippen LogP contribution in [-0.4, -0.2) is 81.1 Å². The molecule has 2 saturated carbocycles. The number of morpholine rings is 1. The Hall–Kier alpha value is -1.14. The topological polar surface area (TPSA) is 34.2 Å². The number of nitrogens with zero attached hydrogens (tertiary/aromatic N) is 2. The fraction of sp³-hybridized carbons (Fsp3) is 0.800. The van der Waals surface area contributed by atoms with Crippen LogP contribution >= 0.6 is 0 Å². The van der Waals surface area contributed by atoms with Crippen LogP contribution in [0.5, 0.6) is 5.75 Å². The van der Waals surface area contributed by atoms with Crippen molar-refractivity contribution < 1.29 is 14.2 Å². The summed E-state index contributed by atoms with van der Waals surface area (Å²) >= 11 is 0. The van der Waals surface area contributed by atoms with E-state index in [2.05, 4.69) is 34.1 Å². The van der Waals surface area contributed by atoms with Crippen molar-refractivity contribution in [1.82, 2.24) is 9.80 Å². The van der Waals surface area contributed by atoms with Gasteiger partial charge in [0.15, 0.2) is 0 Å². The molecule has 0 bridgehead atoms. The largest absolute Gasteiger partial charge is 0.493 e. The molecule has 0 spiro atoms. The van der Waals surface area contributed by atoms with Crippen LogP contribution in [0.25, 0.3) is 0 Å². The number of hydrogen-bond acceptors (Lipinski definition) is 5. The van der Waals surface area contributed by atoms with Gasteiger partial charge in [0.2, 0.25) is 0 Å². The molecule has 0 aromatic heterocycles. The zero-order chi connectivity index (χ0) is 23.5. The Labute approximate surface area is 212 Å². The summed E-state index contributed by atoms with van der Waals surface area (Å²) in [5, 5.41) is 0. The third-order valence-electron chi connectivity index (χ3n) is 9.96. The molecule has 35 heavy (non-hydrogen) atoms. The first-order valence-corrected chi connectivity index (χ1v) is 14.7. The molecule has 3 aliphatic heterocycles. The van der Waals surface area contributed by atoms with Crippen molar-refractivity contribution in [1.29, 1.82) is 0 Å². The Morgan fingerprint density at radius 3 is 2.31 bits per heavy atom. The van der Waals surface area contributed by atoms with E-state index in [0.717, 1.165) is 76.7 Å². The van der Waals surface area contributed by atoms with E-state index in [0.29, 0.717) is 12.0 Å². The van der Waals surface area contributed by atoms with E-state index in [4.69, 9.17) is 14.2 Å². The number of likely N-dealkylation sites (tertiary alicyclic amines) is 1. The van der Waals surface area contributed by atoms with Gasteiger partial charge in [-0.15, -0.1) is 0 Å². The van der Waals surface area contributed by atoms with E-state index >= 15 is 0 Å². The summed E-state index contributed by atoms with van der Waals surface area (Å²) in [6.07, 6.45) is 13.5. The molecule has 1 unspecified atom stereocenters. The Balaban J connectivity index is 1.08. The van der Waals surface area contributed by atoms with Gasteiger partial charge >= 0.3 is 0 Å². The maximum atomic E-state index is 6.25. The Morgan fingerprint density at radius 2 is 1.57 bits per heavy atom. The first-order valence-electron chi connectivity index (χ1n) is 14.7. The van der Waals surface area contributed by atoms with Crippen LogP contribution in [0.15, 0.2) is 24.3 Å². The first kappa shape index (κ1) is 24.2. The Bertz CT molecular complexity index is 790. The first-order chi connectivity index (χ1) is 17.3. The van der Waals surface area contributed by atoms with Crippen molar-refractivity contribution in [2.75, 3.05) is 59.2 Å². The summed E-state index contributed by atoms with van der Waals surface area (Å²) < 4.78 is 18.1. The molecule has 3 heterocycles. The van der Waals surface area contributed by atoms with Gasteiger partial charge in [-0.3, -0.25) is 9.80 Å². The second kappa shape index (κ2) is 11.1. The standard InChI is InChI=1S/C30H46N2O3/c1-2-6-25(5-1)29-22-34-18-15-31(29)23-30(13-16-33-17-14-30)26-9-11-28(12-10-26)35-21-24-19-32(20-24)27-7-3-4-8-27/h9-12,24-25,27,29H,1-8,13-23H2. The predicted octanol–water partition coefficient (Wildman–Crippen LogP) is 4.88. The fourth-order valence-electron chi connectivity index (χ4n) is 7.72. The SMILES string of the molecule is c1cc(C2(CN3CCOCC3C3CCCC3)CCOCC2)ccc1OCC1CN(C2CCCC2)C1. The van der Waals surface area contributed by atoms with Crippen LogP contribution in [0.1, 0.15) is 69.8 Å². The lowest BCUT2D eigenvalue weighted by atomic mass is 9.73. The number of hydrogen-bond donors (Lipinski definition) is 0. The van der Waals surface area contributed by atoms with Crippen molar-refractivity contribution in [3.05, 3.63) is 29.8 Å². The molecule has 1 aromatic rings. The van der Waals surface area contributed by atoms with Gasteiger partial charge in [0.1, 0.15) is 5.75 Å². The van der Waals surface area contributed by atoms with Crippen molar-refractivity contribution in [3.63, 3.8) is 0 Å². The zero-order valence-corrected chi connectivity index (χ0v) is 21.7. The Kier molecular flexibility index (Phi) is 7.67. The normalized spacial score (nSPS) is 29.4. The molecule has 6 rings (SSSR count). The van der Waals surface area contributed by atoms with Gasteiger partial charge in [0.05, 0.1) is 19.8 Å². The highest BCUT2D eigenvalue weighted by Gasteiger charge is 2.41. The molecule has 2 aliphatic carbocycles. The number of benzene rings is 1. The molecule has 5 nitrogen and oxygen atoms in total. The molecule has 194 valence electrons. The lowest BCUT2D eigenvalue weighted by Gasteiger charge is -2.47. The molecule has 1 atom stereocenters. The smallest absolute Gasteiger partial charge is 0.119 e. The van der Waals surface area contributed by atoms with Crippen LogP contribution in [-0.2, 0) is 14.9 Å². The highest BCUT2D eigenvalue weighted by atomic mass is 16.5. The van der Waals surface area contributed by atoms with Gasteiger partial charge in [-0.05, 0) is 62.1 Å². The van der Waals surface area contributed by atoms with Gasteiger partial charge in [-0.1, -0.05) is 37.8 Å². The monoisotopic (exact) mass is 482 g/mol. The van der Waals surface area contributed by atoms with Crippen molar-refractivity contribution in [2.45, 2.75) is 81.7 Å². The van der Waals surface area contributed by atoms with Gasteiger partial charge in [0, 0.05) is 62.8 Å². The minimum atomic E-state index is 0.181. The van der Waals surface area contributed by atoms with E-state index in [1.54, 1.807) is 0 Å². The second-order valence-corrected chi connectivity index (χ2v) is 12.1. The third-order valence-corrected chi connectivity index (χ3v) is 9.96. The highest BCUT2D eigenvalue weighted by molar-refractivity contribution is 5.33. The average Bonchev–Trinajstić information content (AvgIpc) is 3.60. The van der Waals surface area contributed by atoms with Crippen LogP contribution < -0.4 is 4.74 Å². The maximum absolute atomic E-state index is 6.25. The summed E-state index contributed by atoms with van der Waals surface area (Å²) in [6.45, 7) is 9.07. The number of rotatable bonds is 8. The average molecular weight is 483 g/mol. The minimum absolute atomic E-state index is 0.181. The van der Waals surface area contributed by atoms with Crippen LogP contribution in [0.3, 0.4) is 0 Å². The Morgan fingerprint density at radius 1 is 0.857 bits per heavy atom. The zero-order valence-electron chi connectivity index (χ0n) is 21.7. The quantitative estimate of drug-likeness (QED) is 0.528. The molecule has 0 amide bonds. The molecular weight excluding hydrogens is 436 g/mol. The predicted molar refractivity (Wildman–Crippen MR) is 139 cm³/mol. The van der Waals surface area contributed by atoms with E-state index in [-0.39, 0.29) is 5.41 Å². The summed E-state index contributed by atoms with van der Waals surface area (Å²) in [5.41, 5.74) is 1.65. The molecule has 0 N–H and O–H groups in total. The van der Waals surface area contributed by atoms with Crippen LogP contribution in [0, 0.1) is 11.8 Å². The summed E-state index contributed by atoms with van der Waals surface area (Å²) in [5.74, 6) is 2.55. The van der Waals surface area contributed by atoms with Crippen molar-refractivity contribution in [3.8, 4) is 5.75 Å². The second-order valence-electron chi connectivity index (χ2n) is 12.1. The summed E-state index contributed by atoms with van der Waals surface area (Å²) in [4.78, 5) is 5.48. The van der Waals surface area contributed by atoms with E-state index in [1.165, 1.54) is 70.0 Å². The molecule has 1 aromatic carbocycles. The van der Waals surface area contributed by atoms with E-state index < -0.39 is 0 Å². The molecule has 5 fully saturated rings. The molecular formula is C30H46N2O3. The lowest BCUT2D eigenvalue weighted by Crippen LogP contribution is -2.55. The fourth-order valence-corrected chi connectivity index (χ4v) is 7.72. The van der Waals surface area contributed by atoms with Gasteiger partial charge in [0.25, 0.3) is 0 Å². The lowest BCUT2D eigenvalue weighted by molar-refractivity contribution is -0.0508. The van der Waals surface area contributed by atoms with E-state index in [9.17, 15) is 0 Å². The molecule has 5 heteroatoms. The van der Waals surface area contributed by atoms with Gasteiger partial charge in [-0.25, -0.2) is 0 Å². The molecule has 0 radical (unpaired) electrons. The van der Waals surface area contributed by atoms with Crippen molar-refractivity contribution in [2.24, 2.45) is 11.8 Å². The van der Waals surface area contributed by atoms with Gasteiger partial charge < -0.3 is 14.2 Å². The van der Waals surface area contributed by atoms with Crippen molar-refractivity contribution >= 4 is 0 Å². The minimum Gasteiger partial charge on any atom is -0.493 e. The summed E-state index contributed by atoms with van der Waals surface area (Å²) in [7, 11) is 0. The molecule has 3 saturated heterocycles. The van der Waals surface area contributed by atoms with Crippen LogP contribution in [0.4, 0.5) is 0 Å². The van der Waals surface area contributed by atoms with Gasteiger partial charge in [-0.2, -0.15) is 0 Å². The highest BCUT2D eigenvalue weighted by Crippen LogP contribution is 2.39. The number of ether oxygens (including phenoxy) is 3. The summed E-state index contributed by atoms with van der Waals surface area (Å²) in [6, 6.07) is 10.6.